The maximum Gasteiger partial charge on any atom is 0.0547 e. The molecule has 1 unspecified atom stereocenters. The van der Waals surface area contributed by atoms with Crippen molar-refractivity contribution in [1.29, 1.82) is 0 Å². The molecule has 0 amide bonds. The van der Waals surface area contributed by atoms with Gasteiger partial charge in [0.2, 0.25) is 0 Å². The zero-order valence-corrected chi connectivity index (χ0v) is 8.47. The highest BCUT2D eigenvalue weighted by Crippen LogP contribution is 2.09. The summed E-state index contributed by atoms with van der Waals surface area (Å²) in [5.74, 6) is 0. The number of hydrogen-bond acceptors (Lipinski definition) is 3. The van der Waals surface area contributed by atoms with Crippen LogP contribution in [-0.4, -0.2) is 28.7 Å². The van der Waals surface area contributed by atoms with Crippen molar-refractivity contribution in [3.63, 3.8) is 0 Å². The summed E-state index contributed by atoms with van der Waals surface area (Å²) in [6.45, 7) is 0.492. The van der Waals surface area contributed by atoms with Crippen LogP contribution >= 0.6 is 12.6 Å². The molecule has 0 heterocycles. The second-order valence-electron chi connectivity index (χ2n) is 3.12. The molecule has 0 aromatic carbocycles. The molecule has 0 aliphatic rings. The van der Waals surface area contributed by atoms with Gasteiger partial charge in [-0.15, -0.1) is 0 Å². The van der Waals surface area contributed by atoms with Crippen LogP contribution in [0.3, 0.4) is 0 Å². The van der Waals surface area contributed by atoms with E-state index in [0.717, 1.165) is 25.7 Å². The maximum atomic E-state index is 8.67. The van der Waals surface area contributed by atoms with Crippen LogP contribution in [-0.2, 0) is 0 Å². The summed E-state index contributed by atoms with van der Waals surface area (Å²) in [5.41, 5.74) is 0. The molecule has 74 valence electrons. The molecule has 0 fully saturated rings. The molecular formula is C9H20O2S. The van der Waals surface area contributed by atoms with Gasteiger partial charge in [-0.2, -0.15) is 12.6 Å². The minimum atomic E-state index is 0.155. The molecule has 0 aliphatic carbocycles. The summed E-state index contributed by atoms with van der Waals surface area (Å²) in [7, 11) is 0. The molecule has 3 heteroatoms. The minimum absolute atomic E-state index is 0.155. The van der Waals surface area contributed by atoms with Crippen LogP contribution in [0.5, 0.6) is 0 Å². The van der Waals surface area contributed by atoms with Gasteiger partial charge in [0.15, 0.2) is 0 Å². The fourth-order valence-electron chi connectivity index (χ4n) is 1.11. The van der Waals surface area contributed by atoms with E-state index in [9.17, 15) is 0 Å². The van der Waals surface area contributed by atoms with Gasteiger partial charge in [0, 0.05) is 11.9 Å². The van der Waals surface area contributed by atoms with Gasteiger partial charge in [0.25, 0.3) is 0 Å². The van der Waals surface area contributed by atoms with Crippen molar-refractivity contribution in [2.75, 3.05) is 13.2 Å². The van der Waals surface area contributed by atoms with E-state index in [0.29, 0.717) is 6.61 Å². The quantitative estimate of drug-likeness (QED) is 0.404. The molecule has 12 heavy (non-hydrogen) atoms. The van der Waals surface area contributed by atoms with E-state index < -0.39 is 0 Å². The Morgan fingerprint density at radius 2 is 1.50 bits per heavy atom. The molecule has 0 rings (SSSR count). The number of aliphatic hydroxyl groups is 2. The van der Waals surface area contributed by atoms with Crippen molar-refractivity contribution >= 4 is 12.6 Å². The molecule has 2 N–H and O–H groups in total. The second-order valence-corrected chi connectivity index (χ2v) is 3.85. The van der Waals surface area contributed by atoms with E-state index in [1.807, 2.05) is 0 Å². The predicted molar refractivity (Wildman–Crippen MR) is 54.6 cm³/mol. The van der Waals surface area contributed by atoms with Crippen LogP contribution in [0.4, 0.5) is 0 Å². The van der Waals surface area contributed by atoms with Crippen molar-refractivity contribution in [2.45, 2.75) is 43.8 Å². The third-order valence-corrected chi connectivity index (χ3v) is 2.33. The maximum absolute atomic E-state index is 8.67. The van der Waals surface area contributed by atoms with Crippen molar-refractivity contribution in [3.05, 3.63) is 0 Å². The van der Waals surface area contributed by atoms with E-state index in [2.05, 4.69) is 12.6 Å². The third kappa shape index (κ3) is 8.37. The molecule has 2 nitrogen and oxygen atoms in total. The monoisotopic (exact) mass is 192 g/mol. The van der Waals surface area contributed by atoms with Crippen LogP contribution in [0.2, 0.25) is 0 Å². The average Bonchev–Trinajstić information content (AvgIpc) is 2.10. The van der Waals surface area contributed by atoms with Gasteiger partial charge in [-0.25, -0.2) is 0 Å². The van der Waals surface area contributed by atoms with Crippen LogP contribution in [0.15, 0.2) is 0 Å². The summed E-state index contributed by atoms with van der Waals surface area (Å²) in [4.78, 5) is 0. The molecular weight excluding hydrogens is 172 g/mol. The van der Waals surface area contributed by atoms with Crippen LogP contribution in [0.1, 0.15) is 38.5 Å². The first-order valence-electron chi connectivity index (χ1n) is 4.71. The van der Waals surface area contributed by atoms with Crippen LogP contribution < -0.4 is 0 Å². The summed E-state index contributed by atoms with van der Waals surface area (Å²) in [6, 6.07) is 0. The number of thiol groups is 1. The number of unbranched alkanes of at least 4 members (excludes halogenated alkanes) is 4. The smallest absolute Gasteiger partial charge is 0.0547 e. The van der Waals surface area contributed by atoms with Gasteiger partial charge < -0.3 is 10.2 Å². The zero-order valence-electron chi connectivity index (χ0n) is 7.58. The largest absolute Gasteiger partial charge is 0.396 e. The Bertz CT molecular complexity index is 88.6. The Balaban J connectivity index is 2.90. The first-order valence-corrected chi connectivity index (χ1v) is 5.22. The van der Waals surface area contributed by atoms with Gasteiger partial charge >= 0.3 is 0 Å². The Morgan fingerprint density at radius 1 is 0.917 bits per heavy atom. The summed E-state index contributed by atoms with van der Waals surface area (Å²) in [5, 5.41) is 17.3. The van der Waals surface area contributed by atoms with Gasteiger partial charge in [-0.3, -0.25) is 0 Å². The Labute approximate surface area is 80.4 Å². The first kappa shape index (κ1) is 12.3. The standard InChI is InChI=1S/C9H20O2S/c10-7-5-3-1-2-4-6-9(12)8-11/h9-12H,1-8H2. The van der Waals surface area contributed by atoms with Gasteiger partial charge in [0.05, 0.1) is 6.61 Å². The highest BCUT2D eigenvalue weighted by Gasteiger charge is 1.99. The lowest BCUT2D eigenvalue weighted by molar-refractivity contribution is 0.280. The van der Waals surface area contributed by atoms with Crippen LogP contribution in [0, 0.1) is 0 Å². The van der Waals surface area contributed by atoms with E-state index >= 15 is 0 Å². The van der Waals surface area contributed by atoms with Crippen molar-refractivity contribution in [3.8, 4) is 0 Å². The SMILES string of the molecule is OCCCCCCCC(S)CO. The topological polar surface area (TPSA) is 40.5 Å². The number of rotatable bonds is 8. The third-order valence-electron chi connectivity index (χ3n) is 1.91. The van der Waals surface area contributed by atoms with Crippen molar-refractivity contribution in [2.24, 2.45) is 0 Å². The number of aliphatic hydroxyl groups excluding tert-OH is 2. The highest BCUT2D eigenvalue weighted by atomic mass is 32.1. The Morgan fingerprint density at radius 3 is 2.08 bits per heavy atom. The van der Waals surface area contributed by atoms with Crippen molar-refractivity contribution in [1.82, 2.24) is 0 Å². The normalized spacial score (nSPS) is 13.2. The molecule has 0 saturated heterocycles. The van der Waals surface area contributed by atoms with Gasteiger partial charge in [-0.1, -0.05) is 25.7 Å². The van der Waals surface area contributed by atoms with E-state index in [4.69, 9.17) is 10.2 Å². The van der Waals surface area contributed by atoms with Crippen molar-refractivity contribution < 1.29 is 10.2 Å². The van der Waals surface area contributed by atoms with Gasteiger partial charge in [-0.05, 0) is 12.8 Å². The summed E-state index contributed by atoms with van der Waals surface area (Å²) >= 11 is 4.18. The summed E-state index contributed by atoms with van der Waals surface area (Å²) in [6.07, 6.45) is 6.56. The lowest BCUT2D eigenvalue weighted by atomic mass is 10.1. The minimum Gasteiger partial charge on any atom is -0.396 e. The van der Waals surface area contributed by atoms with Crippen LogP contribution in [0.25, 0.3) is 0 Å². The average molecular weight is 192 g/mol. The van der Waals surface area contributed by atoms with E-state index in [-0.39, 0.29) is 11.9 Å². The molecule has 0 saturated carbocycles. The zero-order chi connectivity index (χ0) is 9.23. The number of hydrogen-bond donors (Lipinski definition) is 3. The Hall–Kier alpha value is 0.270. The molecule has 0 aliphatic heterocycles. The predicted octanol–water partition coefficient (Wildman–Crippen LogP) is 1.61. The molecule has 0 aromatic rings. The first-order chi connectivity index (χ1) is 5.81. The molecule has 0 spiro atoms. The fraction of sp³-hybridized carbons (Fsp3) is 1.00. The lowest BCUT2D eigenvalue weighted by Gasteiger charge is -2.05. The highest BCUT2D eigenvalue weighted by molar-refractivity contribution is 7.81. The summed E-state index contributed by atoms with van der Waals surface area (Å²) < 4.78 is 0. The van der Waals surface area contributed by atoms with E-state index in [1.54, 1.807) is 0 Å². The van der Waals surface area contributed by atoms with E-state index in [1.165, 1.54) is 12.8 Å². The van der Waals surface area contributed by atoms with Gasteiger partial charge in [0.1, 0.15) is 0 Å². The fourth-order valence-corrected chi connectivity index (χ4v) is 1.30. The molecule has 1 atom stereocenters. The Kier molecular flexibility index (Phi) is 9.57. The molecule has 0 radical (unpaired) electrons. The second kappa shape index (κ2) is 9.36. The lowest BCUT2D eigenvalue weighted by Crippen LogP contribution is -2.03. The molecule has 0 aromatic heterocycles. The molecule has 0 bridgehead atoms.